The molecule has 0 aliphatic heterocycles. The molecule has 19 heavy (non-hydrogen) atoms. The number of carbonyl (C=O) groups is 1. The average molecular weight is 256 g/mol. The third-order valence-electron chi connectivity index (χ3n) is 2.64. The van der Waals surface area contributed by atoms with Gasteiger partial charge in [0.25, 0.3) is 0 Å². The Morgan fingerprint density at radius 3 is 2.95 bits per heavy atom. The number of ether oxygens (including phenoxy) is 1. The van der Waals surface area contributed by atoms with Crippen molar-refractivity contribution in [2.45, 2.75) is 13.3 Å². The first-order chi connectivity index (χ1) is 9.31. The van der Waals surface area contributed by atoms with Crippen LogP contribution in [-0.2, 0) is 9.53 Å². The molecule has 0 bridgehead atoms. The molecule has 0 radical (unpaired) electrons. The molecule has 0 aliphatic carbocycles. The minimum Gasteiger partial charge on any atom is -0.466 e. The molecular weight excluding hydrogens is 240 g/mol. The van der Waals surface area contributed by atoms with Crippen molar-refractivity contribution in [1.29, 1.82) is 0 Å². The van der Waals surface area contributed by atoms with E-state index in [-0.39, 0.29) is 12.4 Å². The van der Waals surface area contributed by atoms with E-state index >= 15 is 0 Å². The zero-order valence-electron chi connectivity index (χ0n) is 10.8. The predicted molar refractivity (Wildman–Crippen MR) is 74.3 cm³/mol. The average Bonchev–Trinajstić information content (AvgIpc) is 2.93. The Balaban J connectivity index is 2.13. The van der Waals surface area contributed by atoms with Crippen LogP contribution in [0.25, 0.3) is 17.3 Å². The first-order valence-electron chi connectivity index (χ1n) is 6.22. The van der Waals surface area contributed by atoms with Crippen molar-refractivity contribution in [1.82, 2.24) is 10.2 Å². The number of hydrogen-bond acceptors (Lipinski definition) is 3. The summed E-state index contributed by atoms with van der Waals surface area (Å²) >= 11 is 0. The number of nitrogens with zero attached hydrogens (tertiary/aromatic N) is 1. The standard InChI is InChI=1S/C15H16N2O2/c1-2-19-15(18)9-5-7-12-6-3-4-8-13(12)14-10-11-16-17-14/h3-8,10-11H,2,9H2,1H3,(H,16,17). The lowest BCUT2D eigenvalue weighted by atomic mass is 10.0. The predicted octanol–water partition coefficient (Wildman–Crippen LogP) is 3.04. The molecule has 4 nitrogen and oxygen atoms in total. The Hall–Kier alpha value is -2.36. The molecule has 2 rings (SSSR count). The molecule has 0 amide bonds. The molecule has 1 aromatic heterocycles. The minimum atomic E-state index is -0.210. The van der Waals surface area contributed by atoms with E-state index < -0.39 is 0 Å². The Kier molecular flexibility index (Phi) is 4.50. The fourth-order valence-electron chi connectivity index (χ4n) is 1.80. The van der Waals surface area contributed by atoms with Gasteiger partial charge in [-0.05, 0) is 18.6 Å². The van der Waals surface area contributed by atoms with Gasteiger partial charge in [-0.2, -0.15) is 5.10 Å². The minimum absolute atomic E-state index is 0.210. The molecule has 98 valence electrons. The Bertz CT molecular complexity index is 559. The van der Waals surface area contributed by atoms with Gasteiger partial charge >= 0.3 is 5.97 Å². The van der Waals surface area contributed by atoms with Crippen LogP contribution in [-0.4, -0.2) is 22.8 Å². The van der Waals surface area contributed by atoms with Crippen LogP contribution in [0.5, 0.6) is 0 Å². The molecule has 0 atom stereocenters. The molecule has 0 spiro atoms. The number of esters is 1. The van der Waals surface area contributed by atoms with Crippen molar-refractivity contribution in [3.05, 3.63) is 48.2 Å². The van der Waals surface area contributed by atoms with Crippen molar-refractivity contribution in [2.75, 3.05) is 6.61 Å². The summed E-state index contributed by atoms with van der Waals surface area (Å²) in [5.41, 5.74) is 3.05. The fraction of sp³-hybridized carbons (Fsp3) is 0.200. The second-order valence-corrected chi connectivity index (χ2v) is 3.97. The van der Waals surface area contributed by atoms with E-state index in [4.69, 9.17) is 4.74 Å². The topological polar surface area (TPSA) is 55.0 Å². The zero-order chi connectivity index (χ0) is 13.5. The van der Waals surface area contributed by atoms with Crippen molar-refractivity contribution >= 4 is 12.0 Å². The zero-order valence-corrected chi connectivity index (χ0v) is 10.8. The number of nitrogens with one attached hydrogen (secondary N) is 1. The van der Waals surface area contributed by atoms with Gasteiger partial charge in [0.2, 0.25) is 0 Å². The molecule has 1 N–H and O–H groups in total. The fourth-order valence-corrected chi connectivity index (χ4v) is 1.80. The summed E-state index contributed by atoms with van der Waals surface area (Å²) in [4.78, 5) is 11.3. The summed E-state index contributed by atoms with van der Waals surface area (Å²) < 4.78 is 4.88. The highest BCUT2D eigenvalue weighted by Crippen LogP contribution is 2.22. The summed E-state index contributed by atoms with van der Waals surface area (Å²) in [6.45, 7) is 2.21. The van der Waals surface area contributed by atoms with Gasteiger partial charge in [-0.25, -0.2) is 0 Å². The molecule has 0 saturated carbocycles. The molecule has 1 aromatic carbocycles. The number of aromatic amines is 1. The highest BCUT2D eigenvalue weighted by Gasteiger charge is 2.03. The molecule has 0 fully saturated rings. The van der Waals surface area contributed by atoms with Crippen molar-refractivity contribution in [3.8, 4) is 11.3 Å². The molecule has 0 aliphatic rings. The van der Waals surface area contributed by atoms with Crippen LogP contribution in [0.1, 0.15) is 18.9 Å². The van der Waals surface area contributed by atoms with Gasteiger partial charge in [0.1, 0.15) is 0 Å². The van der Waals surface area contributed by atoms with Gasteiger partial charge in [-0.1, -0.05) is 36.4 Å². The van der Waals surface area contributed by atoms with E-state index in [0.717, 1.165) is 16.8 Å². The normalized spacial score (nSPS) is 10.8. The smallest absolute Gasteiger partial charge is 0.309 e. The summed E-state index contributed by atoms with van der Waals surface area (Å²) in [6, 6.07) is 9.86. The molecule has 0 unspecified atom stereocenters. The monoisotopic (exact) mass is 256 g/mol. The molecule has 4 heteroatoms. The maximum Gasteiger partial charge on any atom is 0.309 e. The van der Waals surface area contributed by atoms with Crippen LogP contribution in [0, 0.1) is 0 Å². The van der Waals surface area contributed by atoms with Crippen LogP contribution in [0.2, 0.25) is 0 Å². The molecule has 0 saturated heterocycles. The van der Waals surface area contributed by atoms with Gasteiger partial charge in [-0.15, -0.1) is 0 Å². The summed E-state index contributed by atoms with van der Waals surface area (Å²) in [5, 5.41) is 6.89. The van der Waals surface area contributed by atoms with E-state index in [1.807, 2.05) is 42.5 Å². The Labute approximate surface area is 112 Å². The lowest BCUT2D eigenvalue weighted by Gasteiger charge is -2.03. The van der Waals surface area contributed by atoms with Crippen molar-refractivity contribution in [3.63, 3.8) is 0 Å². The van der Waals surface area contributed by atoms with E-state index in [0.29, 0.717) is 6.61 Å². The number of carbonyl (C=O) groups excluding carboxylic acids is 1. The lowest BCUT2D eigenvalue weighted by molar-refractivity contribution is -0.142. The molecule has 2 aromatic rings. The number of aromatic nitrogens is 2. The van der Waals surface area contributed by atoms with E-state index in [1.165, 1.54) is 0 Å². The second kappa shape index (κ2) is 6.54. The van der Waals surface area contributed by atoms with Gasteiger partial charge in [0.15, 0.2) is 0 Å². The first-order valence-corrected chi connectivity index (χ1v) is 6.22. The SMILES string of the molecule is CCOC(=O)CC=Cc1ccccc1-c1ccn[nH]1. The number of H-pyrrole nitrogens is 1. The lowest BCUT2D eigenvalue weighted by Crippen LogP contribution is -2.01. The summed E-state index contributed by atoms with van der Waals surface area (Å²) in [5.74, 6) is -0.210. The Morgan fingerprint density at radius 2 is 2.21 bits per heavy atom. The number of rotatable bonds is 5. The van der Waals surface area contributed by atoms with E-state index in [9.17, 15) is 4.79 Å². The number of benzene rings is 1. The highest BCUT2D eigenvalue weighted by molar-refractivity contribution is 5.76. The quantitative estimate of drug-likeness (QED) is 0.836. The largest absolute Gasteiger partial charge is 0.466 e. The van der Waals surface area contributed by atoms with Crippen LogP contribution in [0.15, 0.2) is 42.6 Å². The highest BCUT2D eigenvalue weighted by atomic mass is 16.5. The maximum absolute atomic E-state index is 11.3. The maximum atomic E-state index is 11.3. The number of hydrogen-bond donors (Lipinski definition) is 1. The van der Waals surface area contributed by atoms with Crippen molar-refractivity contribution in [2.24, 2.45) is 0 Å². The summed E-state index contributed by atoms with van der Waals surface area (Å²) in [6.07, 6.45) is 5.74. The van der Waals surface area contributed by atoms with Crippen molar-refractivity contribution < 1.29 is 9.53 Å². The Morgan fingerprint density at radius 1 is 1.37 bits per heavy atom. The van der Waals surface area contributed by atoms with E-state index in [2.05, 4.69) is 10.2 Å². The van der Waals surface area contributed by atoms with Crippen LogP contribution >= 0.6 is 0 Å². The van der Waals surface area contributed by atoms with Gasteiger partial charge in [0, 0.05) is 11.8 Å². The van der Waals surface area contributed by atoms with Gasteiger partial charge in [-0.3, -0.25) is 9.89 Å². The van der Waals surface area contributed by atoms with E-state index in [1.54, 1.807) is 13.1 Å². The van der Waals surface area contributed by atoms with Gasteiger partial charge in [0.05, 0.1) is 18.7 Å². The second-order valence-electron chi connectivity index (χ2n) is 3.97. The van der Waals surface area contributed by atoms with Crippen LogP contribution in [0.3, 0.4) is 0 Å². The van der Waals surface area contributed by atoms with Gasteiger partial charge < -0.3 is 4.74 Å². The molecule has 1 heterocycles. The van der Waals surface area contributed by atoms with Crippen LogP contribution in [0.4, 0.5) is 0 Å². The van der Waals surface area contributed by atoms with Crippen LogP contribution < -0.4 is 0 Å². The molecular formula is C15H16N2O2. The first kappa shape index (κ1) is 13.1. The third kappa shape index (κ3) is 3.55. The summed E-state index contributed by atoms with van der Waals surface area (Å²) in [7, 11) is 0. The third-order valence-corrected chi connectivity index (χ3v) is 2.64.